The van der Waals surface area contributed by atoms with Crippen molar-refractivity contribution in [2.45, 2.75) is 54.4 Å². The number of hydrogen-bond donors (Lipinski definition) is 0. The molecule has 0 heterocycles. The predicted molar refractivity (Wildman–Crippen MR) is 117 cm³/mol. The molecule has 28 heavy (non-hydrogen) atoms. The normalized spacial score (nSPS) is 13.4. The number of aryl methyl sites for hydroxylation is 4. The average molecular weight is 398 g/mol. The van der Waals surface area contributed by atoms with Crippen LogP contribution >= 0.6 is 7.14 Å². The number of benzene rings is 2. The van der Waals surface area contributed by atoms with Crippen LogP contribution in [0.4, 0.5) is 0 Å². The summed E-state index contributed by atoms with van der Waals surface area (Å²) in [7, 11) is -3.81. The van der Waals surface area contributed by atoms with Gasteiger partial charge in [-0.25, -0.2) is 0 Å². The Kier molecular flexibility index (Phi) is 7.17. The second-order valence-corrected chi connectivity index (χ2v) is 10.5. The monoisotopic (exact) mass is 398 g/mol. The first kappa shape index (κ1) is 22.3. The highest BCUT2D eigenvalue weighted by atomic mass is 31.2. The molecule has 0 radical (unpaired) electrons. The zero-order valence-electron chi connectivity index (χ0n) is 17.8. The summed E-state index contributed by atoms with van der Waals surface area (Å²) in [6, 6.07) is 11.3. The summed E-state index contributed by atoms with van der Waals surface area (Å²) in [4.78, 5) is 27.3. The zero-order chi connectivity index (χ0) is 21.1. The topological polar surface area (TPSA) is 51.2 Å². The van der Waals surface area contributed by atoms with Crippen LogP contribution in [0.1, 0.15) is 70.7 Å². The number of carbonyl (C=O) groups is 2. The van der Waals surface area contributed by atoms with E-state index in [2.05, 4.69) is 0 Å². The molecule has 0 bridgehead atoms. The van der Waals surface area contributed by atoms with Crippen LogP contribution in [-0.4, -0.2) is 17.2 Å². The minimum Gasteiger partial charge on any atom is -0.307 e. The van der Waals surface area contributed by atoms with Crippen LogP contribution in [-0.2, 0) is 17.4 Å². The van der Waals surface area contributed by atoms with Crippen LogP contribution < -0.4 is 0 Å². The molecule has 0 aliphatic rings. The van der Waals surface area contributed by atoms with Crippen LogP contribution in [0.15, 0.2) is 36.4 Å². The molecule has 0 aliphatic carbocycles. The lowest BCUT2D eigenvalue weighted by molar-refractivity contribution is 0.103. The minimum absolute atomic E-state index is 0.0260. The molecule has 0 spiro atoms. The van der Waals surface area contributed by atoms with Crippen LogP contribution in [0.2, 0.25) is 0 Å². The molecule has 0 saturated carbocycles. The van der Waals surface area contributed by atoms with Crippen LogP contribution in [0.25, 0.3) is 0 Å². The first-order valence-corrected chi connectivity index (χ1v) is 11.9. The molecule has 2 rings (SSSR count). The van der Waals surface area contributed by atoms with Crippen molar-refractivity contribution in [3.05, 3.63) is 69.8 Å². The molecule has 1 atom stereocenters. The van der Waals surface area contributed by atoms with Crippen molar-refractivity contribution in [1.82, 2.24) is 0 Å². The first-order chi connectivity index (χ1) is 13.2. The van der Waals surface area contributed by atoms with Crippen LogP contribution in [0, 0.1) is 19.8 Å². The van der Waals surface area contributed by atoms with Crippen molar-refractivity contribution in [3.8, 4) is 0 Å². The van der Waals surface area contributed by atoms with E-state index in [0.29, 0.717) is 24.0 Å². The summed E-state index contributed by atoms with van der Waals surface area (Å²) in [6.07, 6.45) is 1.42. The molecule has 0 aromatic heterocycles. The first-order valence-electron chi connectivity index (χ1n) is 10.0. The quantitative estimate of drug-likeness (QED) is 0.482. The molecule has 4 heteroatoms. The van der Waals surface area contributed by atoms with E-state index < -0.39 is 18.2 Å². The fourth-order valence-electron chi connectivity index (χ4n) is 3.80. The number of rotatable bonds is 8. The standard InChI is InChI=1S/C24H31O3P/c1-7-19-13-10-14-20(8-2)22(19)24(26)28(27,15-16(3)4)23(25)21-17(5)11-9-12-18(21)6/h9-14,16H,7-8,15H2,1-6H3. The Labute approximate surface area is 168 Å². The Morgan fingerprint density at radius 2 is 1.25 bits per heavy atom. The summed E-state index contributed by atoms with van der Waals surface area (Å²) >= 11 is 0. The van der Waals surface area contributed by atoms with Gasteiger partial charge in [0.1, 0.15) is 0 Å². The Balaban J connectivity index is 2.72. The second-order valence-electron chi connectivity index (χ2n) is 7.85. The molecule has 2 aromatic rings. The van der Waals surface area contributed by atoms with E-state index in [4.69, 9.17) is 0 Å². The van der Waals surface area contributed by atoms with E-state index in [1.165, 1.54) is 0 Å². The lowest BCUT2D eigenvalue weighted by Crippen LogP contribution is -2.20. The van der Waals surface area contributed by atoms with Crippen LogP contribution in [0.5, 0.6) is 0 Å². The fourth-order valence-corrected chi connectivity index (χ4v) is 6.71. The van der Waals surface area contributed by atoms with Crippen molar-refractivity contribution in [3.63, 3.8) is 0 Å². The highest BCUT2D eigenvalue weighted by molar-refractivity contribution is 7.95. The van der Waals surface area contributed by atoms with Crippen LogP contribution in [0.3, 0.4) is 0 Å². The summed E-state index contributed by atoms with van der Waals surface area (Å²) in [5, 5.41) is 0. The average Bonchev–Trinajstić information content (AvgIpc) is 2.65. The largest absolute Gasteiger partial charge is 0.307 e. The van der Waals surface area contributed by atoms with Gasteiger partial charge in [0, 0.05) is 17.3 Å². The minimum atomic E-state index is -3.81. The molecule has 0 amide bonds. The molecule has 150 valence electrons. The summed E-state index contributed by atoms with van der Waals surface area (Å²) in [5.74, 6) is -0.0260. The molecule has 0 aliphatic heterocycles. The van der Waals surface area contributed by atoms with E-state index in [0.717, 1.165) is 22.3 Å². The summed E-state index contributed by atoms with van der Waals surface area (Å²) in [5.41, 5.74) is 3.23. The van der Waals surface area contributed by atoms with Gasteiger partial charge in [-0.05, 0) is 54.9 Å². The fraction of sp³-hybridized carbons (Fsp3) is 0.417. The second kappa shape index (κ2) is 9.01. The molecule has 2 aromatic carbocycles. The Hall–Kier alpha value is -1.99. The van der Waals surface area contributed by atoms with E-state index in [-0.39, 0.29) is 12.1 Å². The lowest BCUT2D eigenvalue weighted by atomic mass is 9.98. The Morgan fingerprint density at radius 3 is 1.68 bits per heavy atom. The highest BCUT2D eigenvalue weighted by Gasteiger charge is 2.43. The van der Waals surface area contributed by atoms with E-state index in [9.17, 15) is 14.2 Å². The summed E-state index contributed by atoms with van der Waals surface area (Å²) < 4.78 is 14.2. The Bertz CT molecular complexity index is 898. The zero-order valence-corrected chi connectivity index (χ0v) is 18.7. The van der Waals surface area contributed by atoms with Crippen molar-refractivity contribution < 1.29 is 14.2 Å². The highest BCUT2D eigenvalue weighted by Crippen LogP contribution is 2.54. The van der Waals surface area contributed by atoms with Gasteiger partial charge in [-0.1, -0.05) is 64.1 Å². The lowest BCUT2D eigenvalue weighted by Gasteiger charge is -2.22. The maximum Gasteiger partial charge on any atom is 0.229 e. The van der Waals surface area contributed by atoms with Gasteiger partial charge in [0.05, 0.1) is 0 Å². The van der Waals surface area contributed by atoms with Gasteiger partial charge in [0.15, 0.2) is 0 Å². The molecular weight excluding hydrogens is 367 g/mol. The van der Waals surface area contributed by atoms with Gasteiger partial charge in [-0.2, -0.15) is 0 Å². The third-order valence-corrected chi connectivity index (χ3v) is 8.19. The molecule has 0 saturated heterocycles. The molecular formula is C24H31O3P. The third kappa shape index (κ3) is 4.20. The van der Waals surface area contributed by atoms with Gasteiger partial charge in [0.25, 0.3) is 0 Å². The van der Waals surface area contributed by atoms with Gasteiger partial charge < -0.3 is 4.57 Å². The van der Waals surface area contributed by atoms with Gasteiger partial charge in [-0.3, -0.25) is 9.59 Å². The molecule has 1 unspecified atom stereocenters. The van der Waals surface area contributed by atoms with Crippen molar-refractivity contribution in [1.29, 1.82) is 0 Å². The maximum atomic E-state index is 14.2. The van der Waals surface area contributed by atoms with Crippen molar-refractivity contribution >= 4 is 18.2 Å². The van der Waals surface area contributed by atoms with Crippen molar-refractivity contribution in [2.24, 2.45) is 5.92 Å². The van der Waals surface area contributed by atoms with Gasteiger partial charge in [0.2, 0.25) is 18.2 Å². The van der Waals surface area contributed by atoms with E-state index in [1.807, 2.05) is 77.9 Å². The van der Waals surface area contributed by atoms with Gasteiger partial charge in [-0.15, -0.1) is 0 Å². The van der Waals surface area contributed by atoms with Crippen molar-refractivity contribution in [2.75, 3.05) is 6.16 Å². The van der Waals surface area contributed by atoms with E-state index >= 15 is 0 Å². The third-order valence-electron chi connectivity index (χ3n) is 5.19. The smallest absolute Gasteiger partial charge is 0.229 e. The molecule has 0 fully saturated rings. The molecule has 3 nitrogen and oxygen atoms in total. The predicted octanol–water partition coefficient (Wildman–Crippen LogP) is 6.43. The Morgan fingerprint density at radius 1 is 0.821 bits per heavy atom. The number of carbonyl (C=O) groups excluding carboxylic acids is 2. The van der Waals surface area contributed by atoms with E-state index in [1.54, 1.807) is 0 Å². The number of hydrogen-bond acceptors (Lipinski definition) is 3. The molecule has 0 N–H and O–H groups in total. The summed E-state index contributed by atoms with van der Waals surface area (Å²) in [6.45, 7) is 11.4. The van der Waals surface area contributed by atoms with Gasteiger partial charge >= 0.3 is 0 Å². The maximum absolute atomic E-state index is 14.2. The SMILES string of the molecule is CCc1cccc(CC)c1C(=O)P(=O)(CC(C)C)C(=O)c1c(C)cccc1C.